The summed E-state index contributed by atoms with van der Waals surface area (Å²) in [6.07, 6.45) is 2.86. The highest BCUT2D eigenvalue weighted by atomic mass is 32.2. The van der Waals surface area contributed by atoms with Crippen LogP contribution in [0.2, 0.25) is 0 Å². The smallest absolute Gasteiger partial charge is 0.352 e. The van der Waals surface area contributed by atoms with E-state index in [1.165, 1.54) is 23.6 Å². The molecule has 1 N–H and O–H groups in total. The number of hydrogen-bond acceptors (Lipinski definition) is 8. The van der Waals surface area contributed by atoms with Gasteiger partial charge in [0.05, 0.1) is 11.3 Å². The topological polar surface area (TPSA) is 131 Å². The number of sulfone groups is 1. The van der Waals surface area contributed by atoms with Crippen LogP contribution in [0.1, 0.15) is 11.9 Å². The summed E-state index contributed by atoms with van der Waals surface area (Å²) >= 11 is 1.22. The number of amides is 1. The molecule has 1 saturated heterocycles. The summed E-state index contributed by atoms with van der Waals surface area (Å²) in [5.41, 5.74) is -0.622. The Kier molecular flexibility index (Phi) is 4.21. The van der Waals surface area contributed by atoms with Gasteiger partial charge in [0.15, 0.2) is 15.2 Å². The van der Waals surface area contributed by atoms with Crippen molar-refractivity contribution in [1.82, 2.24) is 9.88 Å². The zero-order chi connectivity index (χ0) is 18.4. The van der Waals surface area contributed by atoms with Gasteiger partial charge in [-0.05, 0) is 6.08 Å². The van der Waals surface area contributed by atoms with E-state index in [0.717, 1.165) is 11.8 Å². The van der Waals surface area contributed by atoms with Gasteiger partial charge in [0, 0.05) is 24.1 Å². The molecular formula is C14H12N2O7S2. The van der Waals surface area contributed by atoms with Crippen molar-refractivity contribution in [2.24, 2.45) is 0 Å². The maximum absolute atomic E-state index is 12.5. The number of aliphatic carboxylic acids is 1. The Morgan fingerprint density at radius 1 is 1.52 bits per heavy atom. The summed E-state index contributed by atoms with van der Waals surface area (Å²) < 4.78 is 29.8. The molecule has 1 aromatic rings. The lowest BCUT2D eigenvalue weighted by Gasteiger charge is -2.45. The third kappa shape index (κ3) is 2.96. The van der Waals surface area contributed by atoms with Crippen LogP contribution in [-0.4, -0.2) is 59.0 Å². The van der Waals surface area contributed by atoms with Crippen molar-refractivity contribution in [3.63, 3.8) is 0 Å². The SMILES string of the molecule is CC(=O)OCC1=C(C(=O)O)N2C(=O)/C(=C/c3nccs3)C2S(=O)(=O)C1. The normalized spacial score (nSPS) is 23.2. The van der Waals surface area contributed by atoms with Crippen molar-refractivity contribution < 1.29 is 32.6 Å². The van der Waals surface area contributed by atoms with Crippen molar-refractivity contribution >= 4 is 45.1 Å². The molecule has 3 rings (SSSR count). The summed E-state index contributed by atoms with van der Waals surface area (Å²) in [7, 11) is -3.87. The Labute approximate surface area is 146 Å². The van der Waals surface area contributed by atoms with Crippen molar-refractivity contribution in [2.45, 2.75) is 12.3 Å². The van der Waals surface area contributed by atoms with Crippen molar-refractivity contribution in [2.75, 3.05) is 12.4 Å². The molecule has 0 bridgehead atoms. The largest absolute Gasteiger partial charge is 0.477 e. The minimum absolute atomic E-state index is 0.0276. The van der Waals surface area contributed by atoms with Gasteiger partial charge in [-0.25, -0.2) is 18.2 Å². The summed E-state index contributed by atoms with van der Waals surface area (Å²) in [4.78, 5) is 39.6. The first-order valence-electron chi connectivity index (χ1n) is 6.97. The molecule has 1 unspecified atom stereocenters. The molecule has 9 nitrogen and oxygen atoms in total. The molecule has 1 fully saturated rings. The number of nitrogens with zero attached hydrogens (tertiary/aromatic N) is 2. The molecule has 1 aromatic heterocycles. The van der Waals surface area contributed by atoms with Crippen LogP contribution in [0.3, 0.4) is 0 Å². The van der Waals surface area contributed by atoms with Gasteiger partial charge >= 0.3 is 11.9 Å². The maximum atomic E-state index is 12.5. The van der Waals surface area contributed by atoms with Gasteiger partial charge in [0.2, 0.25) is 0 Å². The average Bonchev–Trinajstić information content (AvgIpc) is 3.02. The van der Waals surface area contributed by atoms with E-state index in [0.29, 0.717) is 5.01 Å². The van der Waals surface area contributed by atoms with Gasteiger partial charge < -0.3 is 9.84 Å². The third-order valence-corrected chi connectivity index (χ3v) is 6.26. The first-order chi connectivity index (χ1) is 11.7. The Hall–Kier alpha value is -2.53. The summed E-state index contributed by atoms with van der Waals surface area (Å²) in [6.45, 7) is 0.614. The van der Waals surface area contributed by atoms with Gasteiger partial charge in [0.1, 0.15) is 17.3 Å². The second-order valence-electron chi connectivity index (χ2n) is 5.34. The third-order valence-electron chi connectivity index (χ3n) is 3.64. The summed E-state index contributed by atoms with van der Waals surface area (Å²) in [5.74, 6) is -3.47. The fraction of sp³-hybridized carbons (Fsp3) is 0.286. The highest BCUT2D eigenvalue weighted by molar-refractivity contribution is 7.92. The molecule has 132 valence electrons. The minimum Gasteiger partial charge on any atom is -0.477 e. The number of carboxylic acid groups (broad SMARTS) is 1. The summed E-state index contributed by atoms with van der Waals surface area (Å²) in [6, 6.07) is 0. The van der Waals surface area contributed by atoms with E-state index in [1.54, 1.807) is 5.38 Å². The molecule has 3 heterocycles. The zero-order valence-corrected chi connectivity index (χ0v) is 14.5. The zero-order valence-electron chi connectivity index (χ0n) is 12.8. The predicted octanol–water partition coefficient (Wildman–Crippen LogP) is 0.0250. The second-order valence-corrected chi connectivity index (χ2v) is 8.33. The molecule has 11 heteroatoms. The van der Waals surface area contributed by atoms with E-state index < -0.39 is 51.1 Å². The van der Waals surface area contributed by atoms with Gasteiger partial charge in [-0.3, -0.25) is 14.5 Å². The van der Waals surface area contributed by atoms with Crippen LogP contribution in [0.15, 0.2) is 28.4 Å². The van der Waals surface area contributed by atoms with Crippen molar-refractivity contribution in [3.05, 3.63) is 33.4 Å². The lowest BCUT2D eigenvalue weighted by Crippen LogP contribution is -2.62. The Morgan fingerprint density at radius 3 is 2.80 bits per heavy atom. The van der Waals surface area contributed by atoms with Gasteiger partial charge in [-0.1, -0.05) is 0 Å². The van der Waals surface area contributed by atoms with E-state index in [1.807, 2.05) is 0 Å². The van der Waals surface area contributed by atoms with E-state index in [2.05, 4.69) is 4.98 Å². The molecule has 1 amide bonds. The molecule has 1 atom stereocenters. The molecule has 2 aliphatic heterocycles. The lowest BCUT2D eigenvalue weighted by atomic mass is 10.0. The molecule has 2 aliphatic rings. The molecule has 0 spiro atoms. The number of β-lactam (4-membered cyclic amide) rings is 1. The van der Waals surface area contributed by atoms with Crippen LogP contribution in [-0.2, 0) is 29.0 Å². The van der Waals surface area contributed by atoms with Crippen LogP contribution in [0.25, 0.3) is 6.08 Å². The fourth-order valence-corrected chi connectivity index (χ4v) is 5.20. The number of fused-ring (bicyclic) bond motifs is 1. The number of ether oxygens (including phenoxy) is 1. The molecule has 0 radical (unpaired) electrons. The van der Waals surface area contributed by atoms with E-state index in [9.17, 15) is 27.9 Å². The average molecular weight is 384 g/mol. The van der Waals surface area contributed by atoms with Crippen molar-refractivity contribution in [3.8, 4) is 0 Å². The number of hydrogen-bond donors (Lipinski definition) is 1. The quantitative estimate of drug-likeness (QED) is 0.437. The molecule has 0 saturated carbocycles. The van der Waals surface area contributed by atoms with Crippen LogP contribution in [0.4, 0.5) is 0 Å². The number of carboxylic acids is 1. The lowest BCUT2D eigenvalue weighted by molar-refractivity contribution is -0.143. The molecule has 25 heavy (non-hydrogen) atoms. The van der Waals surface area contributed by atoms with Crippen LogP contribution in [0.5, 0.6) is 0 Å². The standard InChI is InChI=1S/C14H12N2O7S2/c1-7(17)23-5-8-6-25(21,22)13-9(4-10-15-2-3-24-10)12(18)16(13)11(8)14(19)20/h2-4,13H,5-6H2,1H3,(H,19,20)/b9-4-. The number of carbonyl (C=O) groups excluding carboxylic acids is 2. The van der Waals surface area contributed by atoms with Crippen LogP contribution < -0.4 is 0 Å². The van der Waals surface area contributed by atoms with Crippen LogP contribution in [0, 0.1) is 0 Å². The Bertz CT molecular complexity index is 928. The molecule has 0 aliphatic carbocycles. The monoisotopic (exact) mass is 384 g/mol. The molecule has 0 aromatic carbocycles. The number of rotatable bonds is 4. The Morgan fingerprint density at radius 2 is 2.24 bits per heavy atom. The van der Waals surface area contributed by atoms with Crippen LogP contribution >= 0.6 is 11.3 Å². The first-order valence-corrected chi connectivity index (χ1v) is 9.57. The van der Waals surface area contributed by atoms with Gasteiger partial charge in [-0.15, -0.1) is 11.3 Å². The second kappa shape index (κ2) is 6.08. The van der Waals surface area contributed by atoms with E-state index in [-0.39, 0.29) is 11.1 Å². The maximum Gasteiger partial charge on any atom is 0.352 e. The van der Waals surface area contributed by atoms with E-state index in [4.69, 9.17) is 4.74 Å². The fourth-order valence-electron chi connectivity index (χ4n) is 2.68. The highest BCUT2D eigenvalue weighted by Crippen LogP contribution is 2.41. The van der Waals surface area contributed by atoms with Gasteiger partial charge in [-0.2, -0.15) is 0 Å². The van der Waals surface area contributed by atoms with Gasteiger partial charge in [0.25, 0.3) is 5.91 Å². The summed E-state index contributed by atoms with van der Waals surface area (Å²) in [5, 5.41) is 10.2. The minimum atomic E-state index is -3.87. The molecular weight excluding hydrogens is 372 g/mol. The highest BCUT2D eigenvalue weighted by Gasteiger charge is 2.56. The number of carbonyl (C=O) groups is 3. The first kappa shape index (κ1) is 17.3. The number of thiazole rings is 1. The Balaban J connectivity index is 2.04. The van der Waals surface area contributed by atoms with E-state index >= 15 is 0 Å². The van der Waals surface area contributed by atoms with Crippen molar-refractivity contribution in [1.29, 1.82) is 0 Å². The number of aromatic nitrogens is 1. The number of esters is 1. The predicted molar refractivity (Wildman–Crippen MR) is 85.8 cm³/mol.